The Morgan fingerprint density at radius 1 is 1.26 bits per heavy atom. The van der Waals surface area contributed by atoms with Crippen molar-refractivity contribution in [3.05, 3.63) is 0 Å². The molecule has 0 amide bonds. The lowest BCUT2D eigenvalue weighted by atomic mass is 9.98. The van der Waals surface area contributed by atoms with Crippen LogP contribution in [-0.2, 0) is 9.53 Å². The SMILES string of the molecule is CCOC(=O)C1CCCN(C(=NC)NCC2CCCN(C)C2)C1. The molecule has 6 nitrogen and oxygen atoms in total. The third kappa shape index (κ3) is 5.37. The van der Waals surface area contributed by atoms with E-state index in [0.29, 0.717) is 19.1 Å². The summed E-state index contributed by atoms with van der Waals surface area (Å²) in [6.07, 6.45) is 4.48. The van der Waals surface area contributed by atoms with Crippen molar-refractivity contribution >= 4 is 11.9 Å². The molecule has 0 radical (unpaired) electrons. The minimum atomic E-state index is -0.0680. The first kappa shape index (κ1) is 18.0. The molecule has 2 aliphatic rings. The van der Waals surface area contributed by atoms with Gasteiger partial charge in [-0.2, -0.15) is 0 Å². The molecule has 0 aromatic carbocycles. The van der Waals surface area contributed by atoms with Crippen molar-refractivity contribution in [2.45, 2.75) is 32.6 Å². The largest absolute Gasteiger partial charge is 0.466 e. The van der Waals surface area contributed by atoms with Gasteiger partial charge in [0.15, 0.2) is 5.96 Å². The van der Waals surface area contributed by atoms with E-state index in [1.54, 1.807) is 0 Å². The first-order valence-electron chi connectivity index (χ1n) is 8.94. The summed E-state index contributed by atoms with van der Waals surface area (Å²) in [5.74, 6) is 1.51. The van der Waals surface area contributed by atoms with Crippen molar-refractivity contribution in [2.24, 2.45) is 16.8 Å². The minimum absolute atomic E-state index is 0.0249. The number of piperidine rings is 2. The van der Waals surface area contributed by atoms with Gasteiger partial charge in [0, 0.05) is 33.2 Å². The number of rotatable bonds is 4. The van der Waals surface area contributed by atoms with Crippen molar-refractivity contribution in [3.63, 3.8) is 0 Å². The number of nitrogens with zero attached hydrogens (tertiary/aromatic N) is 3. The zero-order chi connectivity index (χ0) is 16.7. The summed E-state index contributed by atoms with van der Waals surface area (Å²) in [5.41, 5.74) is 0. The van der Waals surface area contributed by atoms with Crippen LogP contribution >= 0.6 is 0 Å². The number of carbonyl (C=O) groups is 1. The van der Waals surface area contributed by atoms with E-state index in [-0.39, 0.29) is 11.9 Å². The van der Waals surface area contributed by atoms with E-state index < -0.39 is 0 Å². The molecule has 0 bridgehead atoms. The Morgan fingerprint density at radius 2 is 2.04 bits per heavy atom. The maximum absolute atomic E-state index is 12.0. The Hall–Kier alpha value is -1.30. The van der Waals surface area contributed by atoms with E-state index in [0.717, 1.165) is 38.4 Å². The van der Waals surface area contributed by atoms with Crippen LogP contribution in [0, 0.1) is 11.8 Å². The Morgan fingerprint density at radius 3 is 2.74 bits per heavy atom. The van der Waals surface area contributed by atoms with Gasteiger partial charge in [0.05, 0.1) is 12.5 Å². The molecule has 0 aliphatic carbocycles. The van der Waals surface area contributed by atoms with E-state index in [2.05, 4.69) is 27.2 Å². The Kier molecular flexibility index (Phi) is 7.15. The molecule has 2 unspecified atom stereocenters. The maximum atomic E-state index is 12.0. The van der Waals surface area contributed by atoms with Gasteiger partial charge in [0.25, 0.3) is 0 Å². The summed E-state index contributed by atoms with van der Waals surface area (Å²) < 4.78 is 5.18. The molecular weight excluding hydrogens is 292 g/mol. The number of nitrogens with one attached hydrogen (secondary N) is 1. The minimum Gasteiger partial charge on any atom is -0.466 e. The highest BCUT2D eigenvalue weighted by atomic mass is 16.5. The maximum Gasteiger partial charge on any atom is 0.310 e. The standard InChI is InChI=1S/C17H32N4O2/c1-4-23-16(22)15-8-6-10-21(13-15)17(18-2)19-11-14-7-5-9-20(3)12-14/h14-15H,4-13H2,1-3H3,(H,18,19). The zero-order valence-corrected chi connectivity index (χ0v) is 14.9. The second kappa shape index (κ2) is 9.11. The second-order valence-corrected chi connectivity index (χ2v) is 6.74. The van der Waals surface area contributed by atoms with E-state index in [1.807, 2.05) is 14.0 Å². The molecule has 2 saturated heterocycles. The predicted octanol–water partition coefficient (Wildman–Crippen LogP) is 1.18. The average molecular weight is 324 g/mol. The highest BCUT2D eigenvalue weighted by Gasteiger charge is 2.28. The first-order chi connectivity index (χ1) is 11.1. The molecule has 2 aliphatic heterocycles. The van der Waals surface area contributed by atoms with Crippen LogP contribution in [-0.4, -0.2) is 75.2 Å². The van der Waals surface area contributed by atoms with Gasteiger partial charge in [0.2, 0.25) is 0 Å². The van der Waals surface area contributed by atoms with Crippen LogP contribution in [0.3, 0.4) is 0 Å². The number of carbonyl (C=O) groups excluding carboxylic acids is 1. The van der Waals surface area contributed by atoms with E-state index in [1.165, 1.54) is 19.4 Å². The third-order valence-electron chi connectivity index (χ3n) is 4.82. The quantitative estimate of drug-likeness (QED) is 0.478. The smallest absolute Gasteiger partial charge is 0.310 e. The number of esters is 1. The molecule has 0 aromatic rings. The summed E-state index contributed by atoms with van der Waals surface area (Å²) in [4.78, 5) is 21.0. The van der Waals surface area contributed by atoms with Gasteiger partial charge in [0.1, 0.15) is 0 Å². The number of hydrogen-bond acceptors (Lipinski definition) is 4. The topological polar surface area (TPSA) is 57.2 Å². The molecule has 0 saturated carbocycles. The van der Waals surface area contributed by atoms with Crippen LogP contribution in [0.15, 0.2) is 4.99 Å². The fraction of sp³-hybridized carbons (Fsp3) is 0.882. The Balaban J connectivity index is 1.83. The normalized spacial score (nSPS) is 26.9. The van der Waals surface area contributed by atoms with Gasteiger partial charge in [-0.3, -0.25) is 9.79 Å². The second-order valence-electron chi connectivity index (χ2n) is 6.74. The van der Waals surface area contributed by atoms with Gasteiger partial charge >= 0.3 is 5.97 Å². The molecule has 2 heterocycles. The molecule has 0 spiro atoms. The summed E-state index contributed by atoms with van der Waals surface area (Å²) in [7, 11) is 4.01. The van der Waals surface area contributed by atoms with Crippen molar-refractivity contribution < 1.29 is 9.53 Å². The number of ether oxygens (including phenoxy) is 1. The van der Waals surface area contributed by atoms with Crippen LogP contribution in [0.1, 0.15) is 32.6 Å². The number of likely N-dealkylation sites (tertiary alicyclic amines) is 2. The Labute approximate surface area is 140 Å². The molecule has 2 rings (SSSR count). The average Bonchev–Trinajstić information content (AvgIpc) is 2.56. The lowest BCUT2D eigenvalue weighted by Crippen LogP contribution is -2.50. The summed E-state index contributed by atoms with van der Waals surface area (Å²) in [5, 5.41) is 3.52. The van der Waals surface area contributed by atoms with Crippen LogP contribution in [0.25, 0.3) is 0 Å². The Bertz CT molecular complexity index is 413. The molecule has 2 fully saturated rings. The number of guanidine groups is 1. The lowest BCUT2D eigenvalue weighted by molar-refractivity contribution is -0.149. The first-order valence-corrected chi connectivity index (χ1v) is 8.94. The van der Waals surface area contributed by atoms with Gasteiger partial charge in [-0.1, -0.05) is 0 Å². The van der Waals surface area contributed by atoms with E-state index in [4.69, 9.17) is 4.74 Å². The van der Waals surface area contributed by atoms with Crippen LogP contribution < -0.4 is 5.32 Å². The molecule has 0 aromatic heterocycles. The van der Waals surface area contributed by atoms with Gasteiger partial charge in [-0.05, 0) is 52.1 Å². The molecule has 132 valence electrons. The highest BCUT2D eigenvalue weighted by Crippen LogP contribution is 2.18. The molecule has 23 heavy (non-hydrogen) atoms. The zero-order valence-electron chi connectivity index (χ0n) is 14.9. The third-order valence-corrected chi connectivity index (χ3v) is 4.82. The van der Waals surface area contributed by atoms with Gasteiger partial charge in [-0.15, -0.1) is 0 Å². The van der Waals surface area contributed by atoms with Crippen molar-refractivity contribution in [3.8, 4) is 0 Å². The fourth-order valence-electron chi connectivity index (χ4n) is 3.63. The molecular formula is C17H32N4O2. The fourth-order valence-corrected chi connectivity index (χ4v) is 3.63. The van der Waals surface area contributed by atoms with E-state index >= 15 is 0 Å². The van der Waals surface area contributed by atoms with Crippen LogP contribution in [0.5, 0.6) is 0 Å². The predicted molar refractivity (Wildman–Crippen MR) is 92.5 cm³/mol. The lowest BCUT2D eigenvalue weighted by Gasteiger charge is -2.35. The van der Waals surface area contributed by atoms with Gasteiger partial charge < -0.3 is 19.9 Å². The van der Waals surface area contributed by atoms with Crippen LogP contribution in [0.4, 0.5) is 0 Å². The molecule has 6 heteroatoms. The number of aliphatic imine (C=N–C) groups is 1. The highest BCUT2D eigenvalue weighted by molar-refractivity contribution is 5.81. The summed E-state index contributed by atoms with van der Waals surface area (Å²) in [6, 6.07) is 0. The molecule has 1 N–H and O–H groups in total. The van der Waals surface area contributed by atoms with E-state index in [9.17, 15) is 4.79 Å². The summed E-state index contributed by atoms with van der Waals surface area (Å²) >= 11 is 0. The monoisotopic (exact) mass is 324 g/mol. The number of hydrogen-bond donors (Lipinski definition) is 1. The summed E-state index contributed by atoms with van der Waals surface area (Å²) in [6.45, 7) is 7.30. The van der Waals surface area contributed by atoms with Crippen molar-refractivity contribution in [1.82, 2.24) is 15.1 Å². The molecule has 2 atom stereocenters. The van der Waals surface area contributed by atoms with Crippen molar-refractivity contribution in [2.75, 3.05) is 53.4 Å². The van der Waals surface area contributed by atoms with Crippen LogP contribution in [0.2, 0.25) is 0 Å². The van der Waals surface area contributed by atoms with Crippen molar-refractivity contribution in [1.29, 1.82) is 0 Å². The van der Waals surface area contributed by atoms with Gasteiger partial charge in [-0.25, -0.2) is 0 Å².